The van der Waals surface area contributed by atoms with E-state index in [1.165, 1.54) is 0 Å². The summed E-state index contributed by atoms with van der Waals surface area (Å²) in [6.45, 7) is 3.77. The first-order chi connectivity index (χ1) is 6.83. The zero-order valence-corrected chi connectivity index (χ0v) is 8.98. The van der Waals surface area contributed by atoms with Crippen LogP contribution in [0.2, 0.25) is 0 Å². The van der Waals surface area contributed by atoms with Gasteiger partial charge in [-0.15, -0.1) is 5.10 Å². The Balaban J connectivity index is 2.54. The van der Waals surface area contributed by atoms with E-state index in [-0.39, 0.29) is 0 Å². The smallest absolute Gasteiger partial charge is 0.156 e. The van der Waals surface area contributed by atoms with E-state index in [9.17, 15) is 0 Å². The molecular weight excluding hydrogens is 244 g/mol. The van der Waals surface area contributed by atoms with Gasteiger partial charge < -0.3 is 0 Å². The summed E-state index contributed by atoms with van der Waals surface area (Å²) in [6.07, 6.45) is 0.564. The summed E-state index contributed by atoms with van der Waals surface area (Å²) in [5.74, 6) is 0.747. The van der Waals surface area contributed by atoms with Crippen LogP contribution in [-0.2, 0) is 6.42 Å². The van der Waals surface area contributed by atoms with Gasteiger partial charge in [-0.05, 0) is 45.4 Å². The summed E-state index contributed by atoms with van der Waals surface area (Å²) in [5.41, 5.74) is 0.927. The van der Waals surface area contributed by atoms with E-state index in [2.05, 4.69) is 38.4 Å². The van der Waals surface area contributed by atoms with Crippen molar-refractivity contribution in [3.05, 3.63) is 41.5 Å². The normalized spacial score (nSPS) is 10.4. The van der Waals surface area contributed by atoms with E-state index >= 15 is 0 Å². The predicted molar refractivity (Wildman–Crippen MR) is 55.9 cm³/mol. The number of hydrogen-bond acceptors (Lipinski definition) is 3. The molecule has 0 aliphatic carbocycles. The van der Waals surface area contributed by atoms with Crippen molar-refractivity contribution in [3.63, 3.8) is 0 Å². The highest BCUT2D eigenvalue weighted by molar-refractivity contribution is 9.10. The second kappa shape index (κ2) is 3.88. The van der Waals surface area contributed by atoms with Gasteiger partial charge in [0.15, 0.2) is 5.82 Å². The van der Waals surface area contributed by atoms with E-state index in [1.807, 2.05) is 24.3 Å². The second-order valence-corrected chi connectivity index (χ2v) is 3.56. The molecule has 0 fully saturated rings. The first-order valence-corrected chi connectivity index (χ1v) is 4.93. The van der Waals surface area contributed by atoms with Gasteiger partial charge in [-0.1, -0.05) is 12.1 Å². The molecule has 2 aromatic rings. The number of hydrogen-bond donors (Lipinski definition) is 0. The molecule has 5 heteroatoms. The fraction of sp³-hybridized carbons (Fsp3) is 0.111. The Kier molecular flexibility index (Phi) is 2.58. The average Bonchev–Trinajstić information content (AvgIpc) is 2.66. The van der Waals surface area contributed by atoms with Gasteiger partial charge in [0.25, 0.3) is 0 Å². The number of para-hydroxylation sites is 1. The first-order valence-electron chi connectivity index (χ1n) is 4.14. The third-order valence-corrected chi connectivity index (χ3v) is 2.51. The summed E-state index contributed by atoms with van der Waals surface area (Å²) in [5, 5.41) is 11.4. The molecule has 0 spiro atoms. The number of nitrogens with zero attached hydrogens (tertiary/aromatic N) is 4. The number of tetrazole rings is 1. The highest BCUT2D eigenvalue weighted by Crippen LogP contribution is 2.19. The van der Waals surface area contributed by atoms with Crippen LogP contribution in [-0.4, -0.2) is 20.2 Å². The summed E-state index contributed by atoms with van der Waals surface area (Å²) < 4.78 is 2.64. The molecule has 1 heterocycles. The topological polar surface area (TPSA) is 43.6 Å². The fourth-order valence-electron chi connectivity index (χ4n) is 1.17. The zero-order chi connectivity index (χ0) is 9.97. The summed E-state index contributed by atoms with van der Waals surface area (Å²) >= 11 is 3.44. The average molecular weight is 252 g/mol. The lowest BCUT2D eigenvalue weighted by atomic mass is 10.3. The lowest BCUT2D eigenvalue weighted by Gasteiger charge is -2.04. The van der Waals surface area contributed by atoms with Gasteiger partial charge in [0.1, 0.15) is 0 Å². The Morgan fingerprint density at radius 3 is 2.86 bits per heavy atom. The van der Waals surface area contributed by atoms with Gasteiger partial charge in [0.2, 0.25) is 0 Å². The molecule has 0 amide bonds. The van der Waals surface area contributed by atoms with Crippen molar-refractivity contribution in [1.82, 2.24) is 20.2 Å². The number of aromatic nitrogens is 4. The quantitative estimate of drug-likeness (QED) is 0.818. The van der Waals surface area contributed by atoms with Crippen molar-refractivity contribution in [1.29, 1.82) is 0 Å². The largest absolute Gasteiger partial charge is 0.196 e. The monoisotopic (exact) mass is 251 g/mol. The molecule has 0 aliphatic rings. The minimum atomic E-state index is 0.564. The van der Waals surface area contributed by atoms with Crippen LogP contribution in [0.5, 0.6) is 0 Å². The molecule has 1 aromatic carbocycles. The van der Waals surface area contributed by atoms with Crippen LogP contribution >= 0.6 is 15.9 Å². The van der Waals surface area contributed by atoms with Crippen LogP contribution in [0.3, 0.4) is 0 Å². The molecule has 14 heavy (non-hydrogen) atoms. The minimum absolute atomic E-state index is 0.564. The molecule has 0 unspecified atom stereocenters. The van der Waals surface area contributed by atoms with Crippen molar-refractivity contribution in [2.24, 2.45) is 0 Å². The van der Waals surface area contributed by atoms with Gasteiger partial charge in [-0.2, -0.15) is 4.68 Å². The van der Waals surface area contributed by atoms with E-state index < -0.39 is 0 Å². The van der Waals surface area contributed by atoms with Crippen molar-refractivity contribution in [3.8, 4) is 5.69 Å². The molecule has 1 radical (unpaired) electrons. The highest BCUT2D eigenvalue weighted by atomic mass is 79.9. The van der Waals surface area contributed by atoms with Gasteiger partial charge in [-0.25, -0.2) is 0 Å². The maximum Gasteiger partial charge on any atom is 0.156 e. The highest BCUT2D eigenvalue weighted by Gasteiger charge is 2.07. The lowest BCUT2D eigenvalue weighted by Crippen LogP contribution is -2.02. The van der Waals surface area contributed by atoms with Crippen molar-refractivity contribution >= 4 is 15.9 Å². The van der Waals surface area contributed by atoms with Crippen LogP contribution < -0.4 is 0 Å². The molecule has 4 nitrogen and oxygen atoms in total. The van der Waals surface area contributed by atoms with Crippen molar-refractivity contribution in [2.75, 3.05) is 0 Å². The number of benzene rings is 1. The van der Waals surface area contributed by atoms with Gasteiger partial charge in [-0.3, -0.25) is 0 Å². The maximum absolute atomic E-state index is 3.90. The molecule has 2 rings (SSSR count). The van der Waals surface area contributed by atoms with Crippen molar-refractivity contribution in [2.45, 2.75) is 6.42 Å². The van der Waals surface area contributed by atoms with Crippen LogP contribution in [0.4, 0.5) is 0 Å². The Labute approximate surface area is 90.1 Å². The molecule has 0 N–H and O–H groups in total. The summed E-state index contributed by atoms with van der Waals surface area (Å²) in [4.78, 5) is 0. The standard InChI is InChI=1S/C9H8BrN4/c1-2-9-11-12-13-14(9)8-6-4-3-5-7(8)10/h3-6H,1-2H2. The van der Waals surface area contributed by atoms with Crippen molar-refractivity contribution < 1.29 is 0 Å². The molecule has 0 aliphatic heterocycles. The zero-order valence-electron chi connectivity index (χ0n) is 7.39. The van der Waals surface area contributed by atoms with Crippen LogP contribution in [0, 0.1) is 6.92 Å². The Morgan fingerprint density at radius 1 is 1.36 bits per heavy atom. The van der Waals surface area contributed by atoms with Gasteiger partial charge >= 0.3 is 0 Å². The molecule has 0 atom stereocenters. The van der Waals surface area contributed by atoms with E-state index in [1.54, 1.807) is 4.68 Å². The predicted octanol–water partition coefficient (Wildman–Crippen LogP) is 1.80. The first kappa shape index (κ1) is 9.33. The van der Waals surface area contributed by atoms with Crippen LogP contribution in [0.15, 0.2) is 28.7 Å². The SMILES string of the molecule is [CH2]Cc1nnnn1-c1ccccc1Br. The van der Waals surface area contributed by atoms with E-state index in [0.717, 1.165) is 16.0 Å². The minimum Gasteiger partial charge on any atom is -0.196 e. The summed E-state index contributed by atoms with van der Waals surface area (Å²) in [6, 6.07) is 7.78. The summed E-state index contributed by atoms with van der Waals surface area (Å²) in [7, 11) is 0. The van der Waals surface area contributed by atoms with E-state index in [4.69, 9.17) is 0 Å². The van der Waals surface area contributed by atoms with Crippen LogP contribution in [0.1, 0.15) is 5.82 Å². The molecule has 0 saturated carbocycles. The second-order valence-electron chi connectivity index (χ2n) is 2.71. The Bertz CT molecular complexity index is 438. The third kappa shape index (κ3) is 1.55. The Hall–Kier alpha value is -1.23. The molecule has 1 aromatic heterocycles. The molecular formula is C9H8BrN4. The lowest BCUT2D eigenvalue weighted by molar-refractivity contribution is 0.770. The number of halogens is 1. The van der Waals surface area contributed by atoms with Gasteiger partial charge in [0, 0.05) is 10.9 Å². The third-order valence-electron chi connectivity index (χ3n) is 1.84. The van der Waals surface area contributed by atoms with E-state index in [0.29, 0.717) is 6.42 Å². The number of rotatable bonds is 2. The fourth-order valence-corrected chi connectivity index (χ4v) is 1.62. The Morgan fingerprint density at radius 2 is 2.14 bits per heavy atom. The molecule has 0 saturated heterocycles. The molecule has 0 bridgehead atoms. The maximum atomic E-state index is 3.90. The molecule has 71 valence electrons. The van der Waals surface area contributed by atoms with Crippen LogP contribution in [0.25, 0.3) is 5.69 Å². The van der Waals surface area contributed by atoms with Gasteiger partial charge in [0.05, 0.1) is 5.69 Å².